The van der Waals surface area contributed by atoms with E-state index in [9.17, 15) is 4.79 Å². The molecule has 1 saturated carbocycles. The van der Waals surface area contributed by atoms with E-state index in [4.69, 9.17) is 0 Å². The standard InChI is InChI=1S/C17H32N2O/c1-14(2)17(20)18(3)12-16-8-10-19(11-9-16)13-15-6-4-5-7-15/h14-16H,4-13H2,1-3H3. The van der Waals surface area contributed by atoms with Gasteiger partial charge in [0.2, 0.25) is 5.91 Å². The maximum absolute atomic E-state index is 11.9. The zero-order valence-corrected chi connectivity index (χ0v) is 13.6. The number of rotatable bonds is 5. The predicted octanol–water partition coefficient (Wildman–Crippen LogP) is 3.00. The number of likely N-dealkylation sites (tertiary alicyclic amines) is 1. The average molecular weight is 280 g/mol. The van der Waals surface area contributed by atoms with Gasteiger partial charge in [0.1, 0.15) is 0 Å². The van der Waals surface area contributed by atoms with Crippen LogP contribution < -0.4 is 0 Å². The third-order valence-electron chi connectivity index (χ3n) is 5.10. The summed E-state index contributed by atoms with van der Waals surface area (Å²) in [6.07, 6.45) is 8.33. The molecule has 20 heavy (non-hydrogen) atoms. The number of nitrogens with zero attached hydrogens (tertiary/aromatic N) is 2. The molecule has 1 saturated heterocycles. The minimum absolute atomic E-state index is 0.127. The van der Waals surface area contributed by atoms with Crippen LogP contribution in [0.15, 0.2) is 0 Å². The average Bonchev–Trinajstić information content (AvgIpc) is 2.92. The van der Waals surface area contributed by atoms with Crippen LogP contribution in [0.2, 0.25) is 0 Å². The fraction of sp³-hybridized carbons (Fsp3) is 0.941. The Morgan fingerprint density at radius 1 is 1.10 bits per heavy atom. The van der Waals surface area contributed by atoms with Crippen molar-refractivity contribution < 1.29 is 4.79 Å². The first-order chi connectivity index (χ1) is 9.56. The van der Waals surface area contributed by atoms with Gasteiger partial charge in [-0.25, -0.2) is 0 Å². The van der Waals surface area contributed by atoms with Crippen molar-refractivity contribution in [1.82, 2.24) is 9.80 Å². The summed E-state index contributed by atoms with van der Waals surface area (Å²) in [4.78, 5) is 16.5. The molecule has 3 heteroatoms. The molecule has 1 heterocycles. The second-order valence-corrected chi connectivity index (χ2v) is 7.27. The van der Waals surface area contributed by atoms with Crippen LogP contribution in [-0.4, -0.2) is 48.9 Å². The summed E-state index contributed by atoms with van der Waals surface area (Å²) < 4.78 is 0. The zero-order valence-electron chi connectivity index (χ0n) is 13.6. The van der Waals surface area contributed by atoms with Crippen LogP contribution in [-0.2, 0) is 4.79 Å². The Kier molecular flexibility index (Phi) is 5.88. The number of piperidine rings is 1. The van der Waals surface area contributed by atoms with Crippen LogP contribution in [0, 0.1) is 17.8 Å². The van der Waals surface area contributed by atoms with Gasteiger partial charge in [-0.3, -0.25) is 4.79 Å². The summed E-state index contributed by atoms with van der Waals surface area (Å²) in [5, 5.41) is 0. The molecule has 0 spiro atoms. The molecule has 1 amide bonds. The Morgan fingerprint density at radius 3 is 2.25 bits per heavy atom. The van der Waals surface area contributed by atoms with Crippen LogP contribution >= 0.6 is 0 Å². The van der Waals surface area contributed by atoms with Crippen LogP contribution in [0.5, 0.6) is 0 Å². The first-order valence-corrected chi connectivity index (χ1v) is 8.53. The van der Waals surface area contributed by atoms with Crippen LogP contribution in [0.3, 0.4) is 0 Å². The highest BCUT2D eigenvalue weighted by Gasteiger charge is 2.25. The van der Waals surface area contributed by atoms with Crippen molar-refractivity contribution in [3.05, 3.63) is 0 Å². The first-order valence-electron chi connectivity index (χ1n) is 8.53. The molecule has 0 N–H and O–H groups in total. The van der Waals surface area contributed by atoms with Gasteiger partial charge in [-0.2, -0.15) is 0 Å². The highest BCUT2D eigenvalue weighted by molar-refractivity contribution is 5.77. The van der Waals surface area contributed by atoms with E-state index in [-0.39, 0.29) is 5.92 Å². The molecule has 116 valence electrons. The molecule has 2 rings (SSSR count). The second kappa shape index (κ2) is 7.44. The van der Waals surface area contributed by atoms with Gasteiger partial charge >= 0.3 is 0 Å². The van der Waals surface area contributed by atoms with Crippen LogP contribution in [0.25, 0.3) is 0 Å². The van der Waals surface area contributed by atoms with Crippen LogP contribution in [0.1, 0.15) is 52.4 Å². The smallest absolute Gasteiger partial charge is 0.224 e. The molecule has 0 aromatic rings. The molecule has 0 bridgehead atoms. The largest absolute Gasteiger partial charge is 0.345 e. The van der Waals surface area contributed by atoms with Crippen molar-refractivity contribution in [2.75, 3.05) is 33.2 Å². The quantitative estimate of drug-likeness (QED) is 0.773. The van der Waals surface area contributed by atoms with Gasteiger partial charge in [-0.15, -0.1) is 0 Å². The Bertz CT molecular complexity index is 302. The minimum Gasteiger partial charge on any atom is -0.345 e. The lowest BCUT2D eigenvalue weighted by atomic mass is 9.95. The zero-order chi connectivity index (χ0) is 14.5. The molecule has 0 radical (unpaired) electrons. The topological polar surface area (TPSA) is 23.6 Å². The number of amides is 1. The molecule has 2 aliphatic rings. The Labute approximate surface area is 124 Å². The second-order valence-electron chi connectivity index (χ2n) is 7.27. The van der Waals surface area contributed by atoms with E-state index in [2.05, 4.69) is 4.90 Å². The maximum atomic E-state index is 11.9. The van der Waals surface area contributed by atoms with Gasteiger partial charge in [0.15, 0.2) is 0 Å². The normalized spacial score (nSPS) is 22.6. The summed E-state index contributed by atoms with van der Waals surface area (Å²) in [7, 11) is 1.97. The Morgan fingerprint density at radius 2 is 1.70 bits per heavy atom. The lowest BCUT2D eigenvalue weighted by Crippen LogP contribution is -2.41. The van der Waals surface area contributed by atoms with Crippen molar-refractivity contribution in [3.8, 4) is 0 Å². The SMILES string of the molecule is CC(C)C(=O)N(C)CC1CCN(CC2CCCC2)CC1. The minimum atomic E-state index is 0.127. The van der Waals surface area contributed by atoms with E-state index in [0.29, 0.717) is 11.8 Å². The summed E-state index contributed by atoms with van der Waals surface area (Å²) in [6.45, 7) is 8.74. The molecule has 0 aromatic carbocycles. The molecule has 2 fully saturated rings. The van der Waals surface area contributed by atoms with Gasteiger partial charge in [0, 0.05) is 26.1 Å². The summed E-state index contributed by atoms with van der Waals surface area (Å²) >= 11 is 0. The Hall–Kier alpha value is -0.570. The third kappa shape index (κ3) is 4.47. The fourth-order valence-electron chi connectivity index (χ4n) is 3.83. The highest BCUT2D eigenvalue weighted by Crippen LogP contribution is 2.27. The molecule has 1 aliphatic heterocycles. The van der Waals surface area contributed by atoms with Crippen molar-refractivity contribution in [2.45, 2.75) is 52.4 Å². The predicted molar refractivity (Wildman–Crippen MR) is 83.6 cm³/mol. The molecular weight excluding hydrogens is 248 g/mol. The first kappa shape index (κ1) is 15.8. The van der Waals surface area contributed by atoms with E-state index in [1.807, 2.05) is 25.8 Å². The van der Waals surface area contributed by atoms with Gasteiger partial charge in [0.05, 0.1) is 0 Å². The summed E-state index contributed by atoms with van der Waals surface area (Å²) in [5.74, 6) is 2.10. The van der Waals surface area contributed by atoms with Gasteiger partial charge < -0.3 is 9.80 Å². The van der Waals surface area contributed by atoms with E-state index >= 15 is 0 Å². The molecule has 3 nitrogen and oxygen atoms in total. The Balaban J connectivity index is 1.67. The number of carbonyl (C=O) groups is 1. The number of hydrogen-bond donors (Lipinski definition) is 0. The number of hydrogen-bond acceptors (Lipinski definition) is 2. The monoisotopic (exact) mass is 280 g/mol. The number of carbonyl (C=O) groups excluding carboxylic acids is 1. The van der Waals surface area contributed by atoms with E-state index < -0.39 is 0 Å². The molecule has 1 aliphatic carbocycles. The molecule has 0 unspecified atom stereocenters. The van der Waals surface area contributed by atoms with Crippen molar-refractivity contribution in [2.24, 2.45) is 17.8 Å². The molecule has 0 aromatic heterocycles. The molecule has 0 atom stereocenters. The fourth-order valence-corrected chi connectivity index (χ4v) is 3.83. The van der Waals surface area contributed by atoms with Crippen molar-refractivity contribution in [3.63, 3.8) is 0 Å². The van der Waals surface area contributed by atoms with Crippen molar-refractivity contribution >= 4 is 5.91 Å². The third-order valence-corrected chi connectivity index (χ3v) is 5.10. The van der Waals surface area contributed by atoms with Gasteiger partial charge in [-0.1, -0.05) is 26.7 Å². The van der Waals surface area contributed by atoms with E-state index in [1.54, 1.807) is 0 Å². The lowest BCUT2D eigenvalue weighted by Gasteiger charge is -2.35. The lowest BCUT2D eigenvalue weighted by molar-refractivity contribution is -0.133. The maximum Gasteiger partial charge on any atom is 0.224 e. The summed E-state index contributed by atoms with van der Waals surface area (Å²) in [6, 6.07) is 0. The van der Waals surface area contributed by atoms with Crippen molar-refractivity contribution in [1.29, 1.82) is 0 Å². The summed E-state index contributed by atoms with van der Waals surface area (Å²) in [5.41, 5.74) is 0. The van der Waals surface area contributed by atoms with Crippen LogP contribution in [0.4, 0.5) is 0 Å². The highest BCUT2D eigenvalue weighted by atomic mass is 16.2. The van der Waals surface area contributed by atoms with Gasteiger partial charge in [0.25, 0.3) is 0 Å². The van der Waals surface area contributed by atoms with Gasteiger partial charge in [-0.05, 0) is 50.6 Å². The molecular formula is C17H32N2O. The van der Waals surface area contributed by atoms with E-state index in [1.165, 1.54) is 58.2 Å². The van der Waals surface area contributed by atoms with E-state index in [0.717, 1.165) is 12.5 Å².